The molecule has 0 aliphatic carbocycles. The normalized spacial score (nSPS) is 14.1. The van der Waals surface area contributed by atoms with E-state index in [9.17, 15) is 4.79 Å². The smallest absolute Gasteiger partial charge is 0.234 e. The standard InChI is InChI=1S/C21H25N5OS2/c27-20(23-17-6-8-18(9-7-17)25-11-2-1-3-12-25)15-29-21-24-22-16-26(21)13-10-19-5-4-14-28-19/h4-9,14,16H,1-3,10-13,15H2,(H,23,27). The molecule has 1 fully saturated rings. The number of amides is 1. The van der Waals surface area contributed by atoms with Gasteiger partial charge in [-0.3, -0.25) is 4.79 Å². The van der Waals surface area contributed by atoms with Crippen molar-refractivity contribution in [3.8, 4) is 0 Å². The van der Waals surface area contributed by atoms with Crippen LogP contribution >= 0.6 is 23.1 Å². The third kappa shape index (κ3) is 5.61. The lowest BCUT2D eigenvalue weighted by molar-refractivity contribution is -0.113. The lowest BCUT2D eigenvalue weighted by Crippen LogP contribution is -2.29. The molecule has 0 bridgehead atoms. The van der Waals surface area contributed by atoms with Crippen LogP contribution in [0.25, 0.3) is 0 Å². The second kappa shape index (κ2) is 9.93. The van der Waals surface area contributed by atoms with Gasteiger partial charge in [0.05, 0.1) is 5.75 Å². The fourth-order valence-corrected chi connectivity index (χ4v) is 4.87. The number of hydrogen-bond acceptors (Lipinski definition) is 6. The molecule has 3 aromatic rings. The topological polar surface area (TPSA) is 63.1 Å². The lowest BCUT2D eigenvalue weighted by atomic mass is 10.1. The zero-order chi connectivity index (χ0) is 19.9. The lowest BCUT2D eigenvalue weighted by Gasteiger charge is -2.28. The number of aryl methyl sites for hydroxylation is 2. The van der Waals surface area contributed by atoms with Gasteiger partial charge in [-0.15, -0.1) is 21.5 Å². The van der Waals surface area contributed by atoms with E-state index in [0.29, 0.717) is 5.75 Å². The average molecular weight is 428 g/mol. The van der Waals surface area contributed by atoms with Crippen LogP contribution in [0.1, 0.15) is 24.1 Å². The molecule has 8 heteroatoms. The Labute approximate surface area is 179 Å². The molecule has 1 aliphatic heterocycles. The Morgan fingerprint density at radius 2 is 1.97 bits per heavy atom. The molecule has 0 radical (unpaired) electrons. The van der Waals surface area contributed by atoms with Gasteiger partial charge in [0.2, 0.25) is 5.91 Å². The molecular formula is C21H25N5OS2. The van der Waals surface area contributed by atoms with Gasteiger partial charge in [0.1, 0.15) is 6.33 Å². The van der Waals surface area contributed by atoms with Crippen LogP contribution < -0.4 is 10.2 Å². The molecule has 1 aliphatic rings. The van der Waals surface area contributed by atoms with Crippen molar-refractivity contribution in [2.24, 2.45) is 0 Å². The quantitative estimate of drug-likeness (QED) is 0.543. The minimum absolute atomic E-state index is 0.0338. The summed E-state index contributed by atoms with van der Waals surface area (Å²) in [6.45, 7) is 3.06. The van der Waals surface area contributed by atoms with Gasteiger partial charge in [-0.05, 0) is 61.4 Å². The van der Waals surface area contributed by atoms with E-state index < -0.39 is 0 Å². The van der Waals surface area contributed by atoms with E-state index in [1.807, 2.05) is 16.7 Å². The van der Waals surface area contributed by atoms with Crippen LogP contribution in [0, 0.1) is 0 Å². The number of anilines is 2. The summed E-state index contributed by atoms with van der Waals surface area (Å²) in [6, 6.07) is 12.3. The number of nitrogens with one attached hydrogen (secondary N) is 1. The molecule has 152 valence electrons. The number of thioether (sulfide) groups is 1. The Kier molecular flexibility index (Phi) is 6.84. The van der Waals surface area contributed by atoms with Crippen molar-refractivity contribution in [2.45, 2.75) is 37.4 Å². The Morgan fingerprint density at radius 3 is 2.72 bits per heavy atom. The van der Waals surface area contributed by atoms with Crippen LogP contribution in [-0.4, -0.2) is 39.5 Å². The van der Waals surface area contributed by atoms with Crippen molar-refractivity contribution in [3.05, 3.63) is 53.0 Å². The second-order valence-electron chi connectivity index (χ2n) is 7.07. The highest BCUT2D eigenvalue weighted by molar-refractivity contribution is 7.99. The van der Waals surface area contributed by atoms with Crippen molar-refractivity contribution in [1.82, 2.24) is 14.8 Å². The van der Waals surface area contributed by atoms with Crippen LogP contribution in [0.5, 0.6) is 0 Å². The zero-order valence-electron chi connectivity index (χ0n) is 16.3. The third-order valence-corrected chi connectivity index (χ3v) is 6.88. The van der Waals surface area contributed by atoms with Gasteiger partial charge in [-0.1, -0.05) is 17.8 Å². The van der Waals surface area contributed by atoms with Crippen molar-refractivity contribution >= 4 is 40.4 Å². The van der Waals surface area contributed by atoms with Gasteiger partial charge in [0.15, 0.2) is 5.16 Å². The van der Waals surface area contributed by atoms with Crippen molar-refractivity contribution < 1.29 is 4.79 Å². The predicted octanol–water partition coefficient (Wildman–Crippen LogP) is 4.30. The number of hydrogen-bond donors (Lipinski definition) is 1. The summed E-state index contributed by atoms with van der Waals surface area (Å²) in [6.07, 6.45) is 6.51. The van der Waals surface area contributed by atoms with E-state index in [0.717, 1.165) is 36.9 Å². The second-order valence-corrected chi connectivity index (χ2v) is 9.04. The van der Waals surface area contributed by atoms with Gasteiger partial charge in [-0.2, -0.15) is 0 Å². The molecule has 1 amide bonds. The maximum absolute atomic E-state index is 12.4. The number of aromatic nitrogens is 3. The minimum atomic E-state index is -0.0338. The third-order valence-electron chi connectivity index (χ3n) is 4.96. The summed E-state index contributed by atoms with van der Waals surface area (Å²) in [7, 11) is 0. The first-order chi connectivity index (χ1) is 14.3. The fraction of sp³-hybridized carbons (Fsp3) is 0.381. The number of carbonyl (C=O) groups is 1. The number of benzene rings is 1. The number of piperidine rings is 1. The van der Waals surface area contributed by atoms with Crippen LogP contribution in [0.2, 0.25) is 0 Å². The molecule has 0 atom stereocenters. The summed E-state index contributed by atoms with van der Waals surface area (Å²) in [5, 5.41) is 14.0. The van der Waals surface area contributed by atoms with Crippen LogP contribution in [-0.2, 0) is 17.8 Å². The van der Waals surface area contributed by atoms with Gasteiger partial charge < -0.3 is 14.8 Å². The SMILES string of the molecule is O=C(CSc1nncn1CCc1cccs1)Nc1ccc(N2CCCCC2)cc1. The highest BCUT2D eigenvalue weighted by Crippen LogP contribution is 2.22. The molecule has 6 nitrogen and oxygen atoms in total. The molecule has 1 N–H and O–H groups in total. The van der Waals surface area contributed by atoms with Crippen LogP contribution in [0.3, 0.4) is 0 Å². The summed E-state index contributed by atoms with van der Waals surface area (Å²) in [5.41, 5.74) is 2.06. The minimum Gasteiger partial charge on any atom is -0.372 e. The maximum atomic E-state index is 12.4. The molecule has 2 aromatic heterocycles. The molecule has 1 aromatic carbocycles. The highest BCUT2D eigenvalue weighted by Gasteiger charge is 2.12. The maximum Gasteiger partial charge on any atom is 0.234 e. The van der Waals surface area contributed by atoms with E-state index in [1.54, 1.807) is 17.7 Å². The van der Waals surface area contributed by atoms with Crippen molar-refractivity contribution in [2.75, 3.05) is 29.1 Å². The molecule has 29 heavy (non-hydrogen) atoms. The Balaban J connectivity index is 1.25. The first-order valence-electron chi connectivity index (χ1n) is 9.96. The van der Waals surface area contributed by atoms with Gasteiger partial charge in [0.25, 0.3) is 0 Å². The Bertz CT molecular complexity index is 902. The van der Waals surface area contributed by atoms with Gasteiger partial charge in [-0.25, -0.2) is 0 Å². The summed E-state index contributed by atoms with van der Waals surface area (Å²) in [5.74, 6) is 0.277. The van der Waals surface area contributed by atoms with Crippen LogP contribution in [0.4, 0.5) is 11.4 Å². The number of carbonyl (C=O) groups excluding carboxylic acids is 1. The summed E-state index contributed by atoms with van der Waals surface area (Å²) in [4.78, 5) is 16.1. The van der Waals surface area contributed by atoms with Gasteiger partial charge in [0, 0.05) is 35.9 Å². The summed E-state index contributed by atoms with van der Waals surface area (Å²) >= 11 is 3.17. The Hall–Kier alpha value is -2.32. The first kappa shape index (κ1) is 20.0. The van der Waals surface area contributed by atoms with Gasteiger partial charge >= 0.3 is 0 Å². The first-order valence-corrected chi connectivity index (χ1v) is 11.8. The Morgan fingerprint density at radius 1 is 1.14 bits per heavy atom. The fourth-order valence-electron chi connectivity index (χ4n) is 3.43. The van der Waals surface area contributed by atoms with E-state index >= 15 is 0 Å². The molecule has 0 unspecified atom stereocenters. The number of rotatable bonds is 8. The highest BCUT2D eigenvalue weighted by atomic mass is 32.2. The van der Waals surface area contributed by atoms with Crippen molar-refractivity contribution in [3.63, 3.8) is 0 Å². The molecule has 3 heterocycles. The summed E-state index contributed by atoms with van der Waals surface area (Å²) < 4.78 is 2.01. The molecule has 0 saturated carbocycles. The van der Waals surface area contributed by atoms with Crippen LogP contribution in [0.15, 0.2) is 53.3 Å². The largest absolute Gasteiger partial charge is 0.372 e. The monoisotopic (exact) mass is 427 g/mol. The van der Waals surface area contributed by atoms with Crippen molar-refractivity contribution in [1.29, 1.82) is 0 Å². The van der Waals surface area contributed by atoms with E-state index in [2.05, 4.69) is 50.1 Å². The molecule has 4 rings (SSSR count). The molecule has 1 saturated heterocycles. The molecule has 0 spiro atoms. The predicted molar refractivity (Wildman–Crippen MR) is 120 cm³/mol. The van der Waals surface area contributed by atoms with E-state index in [1.165, 1.54) is 41.6 Å². The number of nitrogens with zero attached hydrogens (tertiary/aromatic N) is 4. The zero-order valence-corrected chi connectivity index (χ0v) is 17.9. The van der Waals surface area contributed by atoms with E-state index in [-0.39, 0.29) is 5.91 Å². The number of thiophene rings is 1. The van der Waals surface area contributed by atoms with E-state index in [4.69, 9.17) is 0 Å². The molecular weight excluding hydrogens is 402 g/mol. The average Bonchev–Trinajstić information content (AvgIpc) is 3.44.